The van der Waals surface area contributed by atoms with Crippen molar-refractivity contribution in [3.8, 4) is 5.75 Å². The summed E-state index contributed by atoms with van der Waals surface area (Å²) in [5.74, 6) is -0.677. The van der Waals surface area contributed by atoms with Crippen LogP contribution in [0.5, 0.6) is 5.75 Å². The van der Waals surface area contributed by atoms with Crippen LogP contribution in [0.15, 0.2) is 42.6 Å². The Kier molecular flexibility index (Phi) is 6.27. The van der Waals surface area contributed by atoms with Gasteiger partial charge in [0.25, 0.3) is 0 Å². The van der Waals surface area contributed by atoms with E-state index >= 15 is 0 Å². The molecule has 168 valence electrons. The van der Waals surface area contributed by atoms with Gasteiger partial charge in [0.1, 0.15) is 11.9 Å². The summed E-state index contributed by atoms with van der Waals surface area (Å²) in [6.45, 7) is 0. The van der Waals surface area contributed by atoms with E-state index in [1.54, 1.807) is 29.1 Å². The van der Waals surface area contributed by atoms with E-state index in [0.717, 1.165) is 36.6 Å². The lowest BCUT2D eigenvalue weighted by Gasteiger charge is -2.20. The van der Waals surface area contributed by atoms with E-state index in [0.29, 0.717) is 17.0 Å². The number of benzene rings is 2. The summed E-state index contributed by atoms with van der Waals surface area (Å²) < 4.78 is 18.2. The van der Waals surface area contributed by atoms with Crippen molar-refractivity contribution in [1.82, 2.24) is 9.78 Å². The number of rotatable bonds is 7. The Hall–Kier alpha value is -3.59. The van der Waals surface area contributed by atoms with Crippen LogP contribution in [0.3, 0.4) is 0 Å². The van der Waals surface area contributed by atoms with Crippen LogP contribution < -0.4 is 10.1 Å². The maximum Gasteiger partial charge on any atom is 0.411 e. The molecule has 1 heterocycles. The summed E-state index contributed by atoms with van der Waals surface area (Å²) in [6.07, 6.45) is 4.48. The predicted octanol–water partition coefficient (Wildman–Crippen LogP) is 4.43. The number of hydrogen-bond acceptors (Lipinski definition) is 6. The Morgan fingerprint density at radius 1 is 1.16 bits per heavy atom. The number of fused-ring (bicyclic) bond motifs is 1. The van der Waals surface area contributed by atoms with E-state index < -0.39 is 18.3 Å². The molecule has 0 spiro atoms. The first-order valence-corrected chi connectivity index (χ1v) is 10.4. The summed E-state index contributed by atoms with van der Waals surface area (Å²) in [4.78, 5) is 23.6. The van der Waals surface area contributed by atoms with Gasteiger partial charge in [-0.05, 0) is 62.1 Å². The minimum absolute atomic E-state index is 0.0247. The number of aromatic nitrogens is 2. The Bertz CT molecular complexity index is 1140. The second-order valence-electron chi connectivity index (χ2n) is 7.65. The largest absolute Gasteiger partial charge is 0.496 e. The molecule has 1 aliphatic rings. The smallest absolute Gasteiger partial charge is 0.411 e. The minimum Gasteiger partial charge on any atom is -0.496 e. The standard InChI is InChI=1S/C23H25N3O6/c1-30-20-11-14(22(27)28)8-10-18(20)21(31-2)26-19-12-16(9-7-15(19)13-24-26)25-23(29)32-17-5-3-4-6-17/h7-13,17,21H,3-6H2,1-2H3,(H,25,29)(H,27,28). The van der Waals surface area contributed by atoms with Gasteiger partial charge in [-0.3, -0.25) is 5.32 Å². The third-order valence-corrected chi connectivity index (χ3v) is 5.61. The lowest BCUT2D eigenvalue weighted by atomic mass is 10.1. The van der Waals surface area contributed by atoms with Crippen molar-refractivity contribution in [2.45, 2.75) is 38.0 Å². The second-order valence-corrected chi connectivity index (χ2v) is 7.65. The zero-order valence-electron chi connectivity index (χ0n) is 17.9. The molecule has 0 saturated heterocycles. The highest BCUT2D eigenvalue weighted by Gasteiger charge is 2.23. The summed E-state index contributed by atoms with van der Waals surface area (Å²) in [6, 6.07) is 10.0. The van der Waals surface area contributed by atoms with E-state index in [-0.39, 0.29) is 11.7 Å². The minimum atomic E-state index is -1.05. The zero-order chi connectivity index (χ0) is 22.7. The van der Waals surface area contributed by atoms with Crippen molar-refractivity contribution < 1.29 is 28.9 Å². The first-order valence-electron chi connectivity index (χ1n) is 10.4. The van der Waals surface area contributed by atoms with Crippen molar-refractivity contribution in [2.24, 2.45) is 0 Å². The van der Waals surface area contributed by atoms with Gasteiger partial charge in [-0.1, -0.05) is 0 Å². The van der Waals surface area contributed by atoms with Gasteiger partial charge in [-0.2, -0.15) is 5.10 Å². The van der Waals surface area contributed by atoms with Gasteiger partial charge in [-0.25, -0.2) is 14.3 Å². The summed E-state index contributed by atoms with van der Waals surface area (Å²) in [5.41, 5.74) is 2.02. The average Bonchev–Trinajstić information content (AvgIpc) is 3.44. The van der Waals surface area contributed by atoms with Crippen LogP contribution in [-0.4, -0.2) is 47.3 Å². The average molecular weight is 439 g/mol. The van der Waals surface area contributed by atoms with Crippen LogP contribution in [0.2, 0.25) is 0 Å². The van der Waals surface area contributed by atoms with Crippen molar-refractivity contribution in [3.05, 3.63) is 53.7 Å². The van der Waals surface area contributed by atoms with Crippen molar-refractivity contribution >= 4 is 28.7 Å². The number of nitrogens with one attached hydrogen (secondary N) is 1. The number of ether oxygens (including phenoxy) is 3. The van der Waals surface area contributed by atoms with Gasteiger partial charge < -0.3 is 19.3 Å². The number of anilines is 1. The van der Waals surface area contributed by atoms with E-state index in [9.17, 15) is 14.7 Å². The number of amides is 1. The number of carboxylic acids is 1. The number of hydrogen-bond donors (Lipinski definition) is 2. The molecular weight excluding hydrogens is 414 g/mol. The number of carbonyl (C=O) groups is 2. The lowest BCUT2D eigenvalue weighted by molar-refractivity contribution is 0.0680. The molecule has 1 saturated carbocycles. The van der Waals surface area contributed by atoms with Gasteiger partial charge in [0.15, 0.2) is 6.23 Å². The molecule has 0 aliphatic heterocycles. The molecular formula is C23H25N3O6. The van der Waals surface area contributed by atoms with E-state index in [2.05, 4.69) is 10.4 Å². The Balaban J connectivity index is 1.63. The lowest BCUT2D eigenvalue weighted by Crippen LogP contribution is -2.20. The molecule has 1 fully saturated rings. The number of carboxylic acid groups (broad SMARTS) is 1. The Labute approximate surface area is 184 Å². The Morgan fingerprint density at radius 3 is 2.62 bits per heavy atom. The van der Waals surface area contributed by atoms with Crippen LogP contribution in [0.4, 0.5) is 10.5 Å². The summed E-state index contributed by atoms with van der Waals surface area (Å²) in [5, 5.41) is 17.3. The number of carbonyl (C=O) groups excluding carboxylic acids is 1. The van der Waals surface area contributed by atoms with Gasteiger partial charge >= 0.3 is 12.1 Å². The molecule has 0 radical (unpaired) electrons. The molecule has 1 unspecified atom stereocenters. The van der Waals surface area contributed by atoms with Crippen molar-refractivity contribution in [1.29, 1.82) is 0 Å². The SMILES string of the molecule is COc1cc(C(=O)O)ccc1C(OC)n1ncc2ccc(NC(=O)OC3CCCC3)cc21. The summed E-state index contributed by atoms with van der Waals surface area (Å²) in [7, 11) is 3.00. The van der Waals surface area contributed by atoms with Gasteiger partial charge in [-0.15, -0.1) is 0 Å². The second kappa shape index (κ2) is 9.27. The highest BCUT2D eigenvalue weighted by molar-refractivity contribution is 5.90. The number of nitrogens with zero attached hydrogens (tertiary/aromatic N) is 2. The quantitative estimate of drug-likeness (QED) is 0.560. The molecule has 0 bridgehead atoms. The molecule has 4 rings (SSSR count). The molecule has 1 amide bonds. The first-order chi connectivity index (χ1) is 15.5. The molecule has 1 atom stereocenters. The third-order valence-electron chi connectivity index (χ3n) is 5.61. The fourth-order valence-corrected chi connectivity index (χ4v) is 4.01. The van der Waals surface area contributed by atoms with Gasteiger partial charge in [0, 0.05) is 23.7 Å². The topological polar surface area (TPSA) is 112 Å². The summed E-state index contributed by atoms with van der Waals surface area (Å²) >= 11 is 0. The molecule has 1 aromatic heterocycles. The van der Waals surface area contributed by atoms with Crippen LogP contribution in [0, 0.1) is 0 Å². The normalized spacial score (nSPS) is 14.9. The molecule has 9 nitrogen and oxygen atoms in total. The van der Waals surface area contributed by atoms with Crippen LogP contribution >= 0.6 is 0 Å². The van der Waals surface area contributed by atoms with Crippen LogP contribution in [-0.2, 0) is 9.47 Å². The van der Waals surface area contributed by atoms with E-state index in [4.69, 9.17) is 14.2 Å². The molecule has 32 heavy (non-hydrogen) atoms. The van der Waals surface area contributed by atoms with Gasteiger partial charge in [0.2, 0.25) is 0 Å². The highest BCUT2D eigenvalue weighted by Crippen LogP contribution is 2.32. The fraction of sp³-hybridized carbons (Fsp3) is 0.348. The fourth-order valence-electron chi connectivity index (χ4n) is 4.01. The van der Waals surface area contributed by atoms with Gasteiger partial charge in [0.05, 0.1) is 24.4 Å². The molecule has 2 aromatic carbocycles. The first kappa shape index (κ1) is 21.6. The molecule has 3 aromatic rings. The zero-order valence-corrected chi connectivity index (χ0v) is 17.9. The number of aromatic carboxylic acids is 1. The molecule has 2 N–H and O–H groups in total. The maximum absolute atomic E-state index is 12.3. The van der Waals surface area contributed by atoms with Crippen molar-refractivity contribution in [3.63, 3.8) is 0 Å². The predicted molar refractivity (Wildman–Crippen MR) is 117 cm³/mol. The molecule has 1 aliphatic carbocycles. The Morgan fingerprint density at radius 2 is 1.94 bits per heavy atom. The number of methoxy groups -OCH3 is 2. The van der Waals surface area contributed by atoms with Crippen molar-refractivity contribution in [2.75, 3.05) is 19.5 Å². The molecule has 9 heteroatoms. The highest BCUT2D eigenvalue weighted by atomic mass is 16.6. The van der Waals surface area contributed by atoms with Crippen LogP contribution in [0.1, 0.15) is 47.8 Å². The monoisotopic (exact) mass is 439 g/mol. The van der Waals surface area contributed by atoms with E-state index in [1.165, 1.54) is 26.4 Å². The van der Waals surface area contributed by atoms with Crippen LogP contribution in [0.25, 0.3) is 10.9 Å². The maximum atomic E-state index is 12.3. The third kappa shape index (κ3) is 4.38. The van der Waals surface area contributed by atoms with E-state index in [1.807, 2.05) is 6.07 Å².